The van der Waals surface area contributed by atoms with Crippen LogP contribution in [-0.2, 0) is 4.74 Å². The van der Waals surface area contributed by atoms with Crippen LogP contribution >= 0.6 is 0 Å². The van der Waals surface area contributed by atoms with E-state index in [4.69, 9.17) is 4.74 Å². The first-order valence-electron chi connectivity index (χ1n) is 4.10. The van der Waals surface area contributed by atoms with E-state index in [-0.39, 0.29) is 18.9 Å². The molecule has 1 saturated heterocycles. The minimum Gasteiger partial charge on any atom is -0.366 e. The first kappa shape index (κ1) is 9.84. The number of hydrogen-bond donors (Lipinski definition) is 0. The average molecular weight is 182 g/mol. The molecule has 1 aliphatic heterocycles. The van der Waals surface area contributed by atoms with Crippen molar-refractivity contribution in [1.29, 1.82) is 0 Å². The molecule has 1 nitrogen and oxygen atoms in total. The molecule has 2 unspecified atom stereocenters. The summed E-state index contributed by atoms with van der Waals surface area (Å²) in [6, 6.07) is 0. The van der Waals surface area contributed by atoms with Gasteiger partial charge in [-0.15, -0.1) is 0 Å². The zero-order valence-electron chi connectivity index (χ0n) is 7.24. The molecule has 72 valence electrons. The summed E-state index contributed by atoms with van der Waals surface area (Å²) in [5.41, 5.74) is -1.90. The lowest BCUT2D eigenvalue weighted by atomic mass is 9.94. The van der Waals surface area contributed by atoms with Crippen molar-refractivity contribution in [2.45, 2.75) is 38.5 Å². The highest BCUT2D eigenvalue weighted by Gasteiger charge is 2.56. The smallest absolute Gasteiger partial charge is 0.366 e. The van der Waals surface area contributed by atoms with E-state index < -0.39 is 11.8 Å². The van der Waals surface area contributed by atoms with Crippen LogP contribution in [0.25, 0.3) is 0 Å². The molecule has 0 aliphatic carbocycles. The van der Waals surface area contributed by atoms with Crippen LogP contribution in [0.4, 0.5) is 13.2 Å². The monoisotopic (exact) mass is 182 g/mol. The summed E-state index contributed by atoms with van der Waals surface area (Å²) in [7, 11) is 0. The molecular formula is C8H13F3O. The van der Waals surface area contributed by atoms with Gasteiger partial charge in [-0.25, -0.2) is 0 Å². The van der Waals surface area contributed by atoms with Gasteiger partial charge in [0.15, 0.2) is 5.60 Å². The zero-order valence-corrected chi connectivity index (χ0v) is 7.24. The Morgan fingerprint density at radius 3 is 2.33 bits per heavy atom. The molecule has 0 radical (unpaired) electrons. The first-order valence-corrected chi connectivity index (χ1v) is 4.10. The molecule has 1 fully saturated rings. The van der Waals surface area contributed by atoms with Crippen LogP contribution in [0.1, 0.15) is 26.7 Å². The number of rotatable bonds is 1. The summed E-state index contributed by atoms with van der Waals surface area (Å²) in [5.74, 6) is 0.0663. The molecule has 0 spiro atoms. The van der Waals surface area contributed by atoms with Crippen LogP contribution in [0, 0.1) is 5.92 Å². The Bertz CT molecular complexity index is 166. The highest BCUT2D eigenvalue weighted by atomic mass is 19.4. The van der Waals surface area contributed by atoms with E-state index in [9.17, 15) is 13.2 Å². The van der Waals surface area contributed by atoms with Crippen molar-refractivity contribution in [3.05, 3.63) is 0 Å². The van der Waals surface area contributed by atoms with E-state index >= 15 is 0 Å². The van der Waals surface area contributed by atoms with Gasteiger partial charge in [0.25, 0.3) is 0 Å². The molecule has 0 aromatic carbocycles. The van der Waals surface area contributed by atoms with E-state index in [1.54, 1.807) is 0 Å². The largest absolute Gasteiger partial charge is 0.417 e. The second-order valence-electron chi connectivity index (χ2n) is 3.52. The van der Waals surface area contributed by atoms with Crippen LogP contribution in [0.3, 0.4) is 0 Å². The van der Waals surface area contributed by atoms with Crippen molar-refractivity contribution < 1.29 is 17.9 Å². The summed E-state index contributed by atoms with van der Waals surface area (Å²) in [4.78, 5) is 0. The third-order valence-electron chi connectivity index (χ3n) is 2.49. The molecule has 12 heavy (non-hydrogen) atoms. The lowest BCUT2D eigenvalue weighted by molar-refractivity contribution is -0.255. The standard InChI is InChI=1S/C8H13F3O/c1-3-6-4-7(2,12-5-6)8(9,10)11/h6H,3-5H2,1-2H3. The number of ether oxygens (including phenoxy) is 1. The molecule has 0 saturated carbocycles. The fourth-order valence-corrected chi connectivity index (χ4v) is 1.43. The maximum absolute atomic E-state index is 12.3. The van der Waals surface area contributed by atoms with E-state index in [0.29, 0.717) is 0 Å². The minimum atomic E-state index is -4.23. The maximum atomic E-state index is 12.3. The Kier molecular flexibility index (Phi) is 2.38. The molecule has 1 heterocycles. The zero-order chi connectivity index (χ0) is 9.41. The molecule has 1 aliphatic rings. The van der Waals surface area contributed by atoms with Gasteiger partial charge < -0.3 is 4.74 Å². The molecule has 1 rings (SSSR count). The average Bonchev–Trinajstić information content (AvgIpc) is 2.31. The lowest BCUT2D eigenvalue weighted by Crippen LogP contribution is -2.41. The van der Waals surface area contributed by atoms with Crippen molar-refractivity contribution in [3.63, 3.8) is 0 Å². The number of hydrogen-bond acceptors (Lipinski definition) is 1. The van der Waals surface area contributed by atoms with Gasteiger partial charge in [0.05, 0.1) is 6.61 Å². The fourth-order valence-electron chi connectivity index (χ4n) is 1.43. The van der Waals surface area contributed by atoms with E-state index in [1.807, 2.05) is 6.92 Å². The van der Waals surface area contributed by atoms with Crippen molar-refractivity contribution >= 4 is 0 Å². The highest BCUT2D eigenvalue weighted by molar-refractivity contribution is 4.90. The lowest BCUT2D eigenvalue weighted by Gasteiger charge is -2.26. The van der Waals surface area contributed by atoms with Crippen molar-refractivity contribution in [3.8, 4) is 0 Å². The van der Waals surface area contributed by atoms with Crippen LogP contribution < -0.4 is 0 Å². The Hall–Kier alpha value is -0.250. The normalized spacial score (nSPS) is 37.2. The highest BCUT2D eigenvalue weighted by Crippen LogP contribution is 2.43. The van der Waals surface area contributed by atoms with Crippen LogP contribution in [-0.4, -0.2) is 18.4 Å². The fraction of sp³-hybridized carbons (Fsp3) is 1.00. The number of alkyl halides is 3. The third kappa shape index (κ3) is 1.58. The second kappa shape index (κ2) is 2.91. The molecule has 0 aromatic heterocycles. The predicted molar refractivity (Wildman–Crippen MR) is 38.8 cm³/mol. The number of halogens is 3. The maximum Gasteiger partial charge on any atom is 0.417 e. The Morgan fingerprint density at radius 1 is 1.50 bits per heavy atom. The molecule has 0 bridgehead atoms. The van der Waals surface area contributed by atoms with Gasteiger partial charge >= 0.3 is 6.18 Å². The molecular weight excluding hydrogens is 169 g/mol. The third-order valence-corrected chi connectivity index (χ3v) is 2.49. The van der Waals surface area contributed by atoms with Gasteiger partial charge in [-0.3, -0.25) is 0 Å². The van der Waals surface area contributed by atoms with Gasteiger partial charge in [-0.2, -0.15) is 13.2 Å². The summed E-state index contributed by atoms with van der Waals surface area (Å²) in [5, 5.41) is 0. The summed E-state index contributed by atoms with van der Waals surface area (Å²) in [6.07, 6.45) is -3.37. The molecule has 0 amide bonds. The summed E-state index contributed by atoms with van der Waals surface area (Å²) >= 11 is 0. The Morgan fingerprint density at radius 2 is 2.08 bits per heavy atom. The van der Waals surface area contributed by atoms with Crippen molar-refractivity contribution in [2.75, 3.05) is 6.61 Å². The van der Waals surface area contributed by atoms with Crippen LogP contribution in [0.5, 0.6) is 0 Å². The van der Waals surface area contributed by atoms with Crippen molar-refractivity contribution in [2.24, 2.45) is 5.92 Å². The molecule has 0 aromatic rings. The van der Waals surface area contributed by atoms with Gasteiger partial charge in [0.2, 0.25) is 0 Å². The SMILES string of the molecule is CCC1COC(C)(C(F)(F)F)C1. The predicted octanol–water partition coefficient (Wildman–Crippen LogP) is 2.75. The summed E-state index contributed by atoms with van der Waals surface area (Å²) in [6.45, 7) is 3.26. The Labute approximate surface area is 69.9 Å². The van der Waals surface area contributed by atoms with Gasteiger partial charge in [0, 0.05) is 0 Å². The van der Waals surface area contributed by atoms with Crippen LogP contribution in [0.2, 0.25) is 0 Å². The minimum absolute atomic E-state index is 0.0663. The van der Waals surface area contributed by atoms with Crippen molar-refractivity contribution in [1.82, 2.24) is 0 Å². The topological polar surface area (TPSA) is 9.23 Å². The second-order valence-corrected chi connectivity index (χ2v) is 3.52. The van der Waals surface area contributed by atoms with E-state index in [1.165, 1.54) is 0 Å². The molecule has 2 atom stereocenters. The Balaban J connectivity index is 2.64. The van der Waals surface area contributed by atoms with E-state index in [0.717, 1.165) is 13.3 Å². The van der Waals surface area contributed by atoms with Gasteiger partial charge in [0.1, 0.15) is 0 Å². The van der Waals surface area contributed by atoms with Gasteiger partial charge in [-0.05, 0) is 19.3 Å². The first-order chi connectivity index (χ1) is 5.39. The summed E-state index contributed by atoms with van der Waals surface area (Å²) < 4.78 is 41.8. The molecule has 0 N–H and O–H groups in total. The van der Waals surface area contributed by atoms with E-state index in [2.05, 4.69) is 0 Å². The molecule has 4 heteroatoms. The quantitative estimate of drug-likeness (QED) is 0.605. The van der Waals surface area contributed by atoms with Gasteiger partial charge in [-0.1, -0.05) is 13.3 Å². The van der Waals surface area contributed by atoms with Crippen LogP contribution in [0.15, 0.2) is 0 Å².